The lowest BCUT2D eigenvalue weighted by molar-refractivity contribution is -0.132. The van der Waals surface area contributed by atoms with Gasteiger partial charge in [0.1, 0.15) is 0 Å². The summed E-state index contributed by atoms with van der Waals surface area (Å²) in [5, 5.41) is 12.7. The second-order valence-corrected chi connectivity index (χ2v) is 5.49. The Morgan fingerprint density at radius 2 is 2.00 bits per heavy atom. The van der Waals surface area contributed by atoms with E-state index in [-0.39, 0.29) is 12.0 Å². The maximum atomic E-state index is 12.2. The molecule has 0 unspecified atom stereocenters. The van der Waals surface area contributed by atoms with Gasteiger partial charge < -0.3 is 15.3 Å². The summed E-state index contributed by atoms with van der Waals surface area (Å²) in [7, 11) is 0. The number of aliphatic hydroxyl groups is 1. The Balaban J connectivity index is 1.65. The third-order valence-corrected chi connectivity index (χ3v) is 3.85. The number of nitrogens with one attached hydrogen (secondary N) is 1. The van der Waals surface area contributed by atoms with E-state index in [1.807, 2.05) is 11.8 Å². The second-order valence-electron chi connectivity index (χ2n) is 5.49. The molecule has 2 rings (SSSR count). The number of rotatable bonds is 7. The molecule has 1 atom stereocenters. The Kier molecular flexibility index (Phi) is 6.54. The van der Waals surface area contributed by atoms with Crippen LogP contribution in [0.15, 0.2) is 18.5 Å². The van der Waals surface area contributed by atoms with E-state index in [2.05, 4.69) is 20.2 Å². The van der Waals surface area contributed by atoms with Crippen LogP contribution in [0.1, 0.15) is 19.8 Å². The van der Waals surface area contributed by atoms with Crippen molar-refractivity contribution in [2.24, 2.45) is 0 Å². The van der Waals surface area contributed by atoms with Gasteiger partial charge in [-0.2, -0.15) is 0 Å². The number of hydrogen-bond acceptors (Lipinski definition) is 6. The molecule has 1 aliphatic heterocycles. The summed E-state index contributed by atoms with van der Waals surface area (Å²) in [5.41, 5.74) is 0. The smallest absolute Gasteiger partial charge is 0.224 e. The molecule has 0 saturated carbocycles. The van der Waals surface area contributed by atoms with Crippen molar-refractivity contribution in [3.05, 3.63) is 18.5 Å². The normalized spacial score (nSPS) is 17.3. The zero-order valence-electron chi connectivity index (χ0n) is 13.1. The Hall–Kier alpha value is -1.73. The zero-order chi connectivity index (χ0) is 15.8. The molecule has 1 aromatic rings. The van der Waals surface area contributed by atoms with Crippen molar-refractivity contribution in [2.45, 2.75) is 25.9 Å². The largest absolute Gasteiger partial charge is 0.392 e. The fraction of sp³-hybridized carbons (Fsp3) is 0.667. The van der Waals surface area contributed by atoms with Crippen LogP contribution in [0.3, 0.4) is 0 Å². The minimum atomic E-state index is -0.266. The molecule has 1 aromatic heterocycles. The number of anilines is 1. The Morgan fingerprint density at radius 1 is 1.32 bits per heavy atom. The number of carbonyl (C=O) groups is 1. The summed E-state index contributed by atoms with van der Waals surface area (Å²) >= 11 is 0. The first-order chi connectivity index (χ1) is 10.7. The summed E-state index contributed by atoms with van der Waals surface area (Å²) in [6, 6.07) is 1.76. The maximum Gasteiger partial charge on any atom is 0.224 e. The average Bonchev–Trinajstić information content (AvgIpc) is 2.56. The predicted octanol–water partition coefficient (Wildman–Crippen LogP) is 0.194. The van der Waals surface area contributed by atoms with Crippen LogP contribution in [0.4, 0.5) is 5.95 Å². The molecule has 0 aliphatic carbocycles. The number of nitrogens with zero attached hydrogens (tertiary/aromatic N) is 4. The zero-order valence-corrected chi connectivity index (χ0v) is 13.1. The lowest BCUT2D eigenvalue weighted by Gasteiger charge is -2.35. The van der Waals surface area contributed by atoms with E-state index in [0.29, 0.717) is 25.5 Å². The molecule has 2 N–H and O–H groups in total. The quantitative estimate of drug-likeness (QED) is 0.748. The van der Waals surface area contributed by atoms with Crippen molar-refractivity contribution < 1.29 is 9.90 Å². The highest BCUT2D eigenvalue weighted by Crippen LogP contribution is 2.06. The van der Waals surface area contributed by atoms with Gasteiger partial charge in [0, 0.05) is 58.1 Å². The number of piperazine rings is 1. The monoisotopic (exact) mass is 307 g/mol. The molecule has 0 aromatic carbocycles. The Bertz CT molecular complexity index is 449. The second kappa shape index (κ2) is 8.65. The molecule has 1 saturated heterocycles. The van der Waals surface area contributed by atoms with Gasteiger partial charge in [-0.1, -0.05) is 6.92 Å². The first-order valence-corrected chi connectivity index (χ1v) is 7.88. The minimum absolute atomic E-state index is 0.152. The van der Waals surface area contributed by atoms with Gasteiger partial charge >= 0.3 is 0 Å². The first kappa shape index (κ1) is 16.6. The van der Waals surface area contributed by atoms with E-state index in [1.54, 1.807) is 18.5 Å². The lowest BCUT2D eigenvalue weighted by Crippen LogP contribution is -2.50. The number of hydrogen-bond donors (Lipinski definition) is 2. The van der Waals surface area contributed by atoms with Crippen molar-refractivity contribution in [3.63, 3.8) is 0 Å². The fourth-order valence-corrected chi connectivity index (χ4v) is 2.44. The highest BCUT2D eigenvalue weighted by Gasteiger charge is 2.21. The van der Waals surface area contributed by atoms with Crippen molar-refractivity contribution in [1.29, 1.82) is 0 Å². The van der Waals surface area contributed by atoms with Crippen LogP contribution in [0.5, 0.6) is 0 Å². The third kappa shape index (κ3) is 5.23. The summed E-state index contributed by atoms with van der Waals surface area (Å²) in [6.07, 6.45) is 4.28. The van der Waals surface area contributed by atoms with Crippen molar-refractivity contribution in [1.82, 2.24) is 19.8 Å². The van der Waals surface area contributed by atoms with Crippen LogP contribution in [0.2, 0.25) is 0 Å². The van der Waals surface area contributed by atoms with Gasteiger partial charge in [-0.05, 0) is 12.5 Å². The molecule has 0 radical (unpaired) electrons. The predicted molar refractivity (Wildman–Crippen MR) is 84.5 cm³/mol. The van der Waals surface area contributed by atoms with Gasteiger partial charge in [-0.3, -0.25) is 9.69 Å². The van der Waals surface area contributed by atoms with Gasteiger partial charge in [0.25, 0.3) is 0 Å². The summed E-state index contributed by atoms with van der Waals surface area (Å²) in [5.74, 6) is 0.702. The number of amides is 1. The number of aliphatic hydroxyl groups excluding tert-OH is 1. The third-order valence-electron chi connectivity index (χ3n) is 3.85. The lowest BCUT2D eigenvalue weighted by atomic mass is 10.2. The van der Waals surface area contributed by atoms with E-state index in [1.165, 1.54) is 0 Å². The van der Waals surface area contributed by atoms with Crippen molar-refractivity contribution in [3.8, 4) is 0 Å². The van der Waals surface area contributed by atoms with Gasteiger partial charge in [-0.15, -0.1) is 0 Å². The maximum absolute atomic E-state index is 12.2. The molecular weight excluding hydrogens is 282 g/mol. The molecule has 22 heavy (non-hydrogen) atoms. The molecule has 1 aliphatic rings. The highest BCUT2D eigenvalue weighted by molar-refractivity contribution is 5.76. The van der Waals surface area contributed by atoms with E-state index < -0.39 is 0 Å². The van der Waals surface area contributed by atoms with E-state index in [0.717, 1.165) is 32.6 Å². The topological polar surface area (TPSA) is 81.6 Å². The fourth-order valence-electron chi connectivity index (χ4n) is 2.44. The standard InChI is InChI=1S/C15H25N5O2/c1-2-13(21)12-19-8-10-20(11-9-19)14(22)4-7-18-15-16-5-3-6-17-15/h3,5-6,13,21H,2,4,7-12H2,1H3,(H,16,17,18)/t13-/m1/s1. The molecule has 2 heterocycles. The van der Waals surface area contributed by atoms with Gasteiger partial charge in [0.05, 0.1) is 6.10 Å². The van der Waals surface area contributed by atoms with Crippen LogP contribution < -0.4 is 5.32 Å². The number of carbonyl (C=O) groups excluding carboxylic acids is 1. The van der Waals surface area contributed by atoms with E-state index in [9.17, 15) is 9.90 Å². The summed E-state index contributed by atoms with van der Waals surface area (Å²) in [6.45, 7) is 6.35. The van der Waals surface area contributed by atoms with Crippen molar-refractivity contribution in [2.75, 3.05) is 44.6 Å². The average molecular weight is 307 g/mol. The molecule has 0 spiro atoms. The van der Waals surface area contributed by atoms with E-state index in [4.69, 9.17) is 0 Å². The van der Waals surface area contributed by atoms with Gasteiger partial charge in [-0.25, -0.2) is 9.97 Å². The van der Waals surface area contributed by atoms with Crippen LogP contribution in [-0.4, -0.2) is 76.2 Å². The van der Waals surface area contributed by atoms with Gasteiger partial charge in [0.2, 0.25) is 11.9 Å². The molecule has 7 nitrogen and oxygen atoms in total. The number of aromatic nitrogens is 2. The summed E-state index contributed by atoms with van der Waals surface area (Å²) < 4.78 is 0. The molecule has 122 valence electrons. The van der Waals surface area contributed by atoms with Crippen LogP contribution in [0, 0.1) is 0 Å². The molecule has 7 heteroatoms. The molecule has 0 bridgehead atoms. The molecular formula is C15H25N5O2. The van der Waals surface area contributed by atoms with Crippen molar-refractivity contribution >= 4 is 11.9 Å². The molecule has 1 amide bonds. The Morgan fingerprint density at radius 3 is 2.64 bits per heavy atom. The van der Waals surface area contributed by atoms with Crippen LogP contribution in [-0.2, 0) is 4.79 Å². The first-order valence-electron chi connectivity index (χ1n) is 7.88. The number of β-amino-alcohol motifs (C(OH)–C–C–N with tert-alkyl or cyclic N) is 1. The Labute approximate surface area is 131 Å². The van der Waals surface area contributed by atoms with Crippen LogP contribution in [0.25, 0.3) is 0 Å². The SMILES string of the molecule is CC[C@@H](O)CN1CCN(C(=O)CCNc2ncccn2)CC1. The summed E-state index contributed by atoms with van der Waals surface area (Å²) in [4.78, 5) is 24.4. The highest BCUT2D eigenvalue weighted by atomic mass is 16.3. The van der Waals surface area contributed by atoms with Gasteiger partial charge in [0.15, 0.2) is 0 Å². The molecule has 1 fully saturated rings. The van der Waals surface area contributed by atoms with E-state index >= 15 is 0 Å². The minimum Gasteiger partial charge on any atom is -0.392 e. The van der Waals surface area contributed by atoms with Crippen LogP contribution >= 0.6 is 0 Å².